The first-order valence-corrected chi connectivity index (χ1v) is 9.07. The monoisotopic (exact) mass is 362 g/mol. The van der Waals surface area contributed by atoms with E-state index in [1.165, 1.54) is 0 Å². The molecule has 3 aromatic rings. The number of piperazine rings is 1. The van der Waals surface area contributed by atoms with Gasteiger partial charge in [-0.2, -0.15) is 5.10 Å². The van der Waals surface area contributed by atoms with Crippen molar-refractivity contribution < 1.29 is 4.79 Å². The van der Waals surface area contributed by atoms with Crippen LogP contribution in [0.25, 0.3) is 5.82 Å². The summed E-state index contributed by atoms with van der Waals surface area (Å²) in [4.78, 5) is 16.7. The minimum Gasteiger partial charge on any atom is -0.352 e. The quantitative estimate of drug-likeness (QED) is 0.715. The molecule has 1 aromatic carbocycles. The minimum atomic E-state index is 0.0881. The van der Waals surface area contributed by atoms with E-state index in [9.17, 15) is 4.79 Å². The number of aromatic nitrogens is 4. The average Bonchev–Trinajstić information content (AvgIpc) is 3.15. The van der Waals surface area contributed by atoms with Gasteiger partial charge in [-0.05, 0) is 44.2 Å². The van der Waals surface area contributed by atoms with Gasteiger partial charge in [0.2, 0.25) is 0 Å². The van der Waals surface area contributed by atoms with E-state index in [2.05, 4.69) is 20.2 Å². The van der Waals surface area contributed by atoms with Gasteiger partial charge in [-0.3, -0.25) is 4.79 Å². The van der Waals surface area contributed by atoms with E-state index in [4.69, 9.17) is 0 Å². The standard InChI is InChI=1S/C20H22N6O/c1-15-3-5-17(6-4-15)20(27)25-13-11-24(12-14-25)18-7-8-19(22-21-18)26-10-9-16(2)23-26/h3-10H,11-14H2,1-2H3. The van der Waals surface area contributed by atoms with Crippen LogP contribution in [0.2, 0.25) is 0 Å². The number of carbonyl (C=O) groups is 1. The predicted molar refractivity (Wildman–Crippen MR) is 103 cm³/mol. The minimum absolute atomic E-state index is 0.0881. The summed E-state index contributed by atoms with van der Waals surface area (Å²) < 4.78 is 1.71. The first-order valence-electron chi connectivity index (χ1n) is 9.07. The molecule has 138 valence electrons. The van der Waals surface area contributed by atoms with Gasteiger partial charge >= 0.3 is 0 Å². The summed E-state index contributed by atoms with van der Waals surface area (Å²) >= 11 is 0. The van der Waals surface area contributed by atoms with E-state index < -0.39 is 0 Å². The molecule has 7 heteroatoms. The third-order valence-electron chi connectivity index (χ3n) is 4.78. The van der Waals surface area contributed by atoms with Crippen LogP contribution in [-0.4, -0.2) is 57.0 Å². The Morgan fingerprint density at radius 1 is 0.852 bits per heavy atom. The lowest BCUT2D eigenvalue weighted by molar-refractivity contribution is 0.0746. The fourth-order valence-corrected chi connectivity index (χ4v) is 3.17. The first-order chi connectivity index (χ1) is 13.1. The predicted octanol–water partition coefficient (Wildman–Crippen LogP) is 2.24. The van der Waals surface area contributed by atoms with E-state index in [-0.39, 0.29) is 5.91 Å². The molecule has 1 amide bonds. The molecule has 0 atom stereocenters. The molecule has 0 saturated carbocycles. The second kappa shape index (κ2) is 7.19. The maximum atomic E-state index is 12.6. The molecule has 0 aliphatic carbocycles. The van der Waals surface area contributed by atoms with Crippen molar-refractivity contribution >= 4 is 11.7 Å². The van der Waals surface area contributed by atoms with Gasteiger partial charge in [-0.15, -0.1) is 10.2 Å². The Morgan fingerprint density at radius 2 is 1.52 bits per heavy atom. The van der Waals surface area contributed by atoms with Crippen molar-refractivity contribution in [2.75, 3.05) is 31.1 Å². The first kappa shape index (κ1) is 17.2. The molecule has 0 N–H and O–H groups in total. The smallest absolute Gasteiger partial charge is 0.253 e. The van der Waals surface area contributed by atoms with Gasteiger partial charge < -0.3 is 9.80 Å². The number of nitrogens with zero attached hydrogens (tertiary/aromatic N) is 6. The molecular weight excluding hydrogens is 340 g/mol. The van der Waals surface area contributed by atoms with Crippen LogP contribution in [0.3, 0.4) is 0 Å². The average molecular weight is 362 g/mol. The molecule has 1 aliphatic heterocycles. The fourth-order valence-electron chi connectivity index (χ4n) is 3.17. The zero-order valence-corrected chi connectivity index (χ0v) is 15.5. The highest BCUT2D eigenvalue weighted by Gasteiger charge is 2.23. The molecule has 1 fully saturated rings. The highest BCUT2D eigenvalue weighted by atomic mass is 16.2. The number of carbonyl (C=O) groups excluding carboxylic acids is 1. The Morgan fingerprint density at radius 3 is 2.11 bits per heavy atom. The Bertz CT molecular complexity index is 924. The van der Waals surface area contributed by atoms with E-state index in [1.807, 2.05) is 67.4 Å². The zero-order valence-electron chi connectivity index (χ0n) is 15.5. The topological polar surface area (TPSA) is 67.2 Å². The van der Waals surface area contributed by atoms with Crippen molar-refractivity contribution in [3.05, 3.63) is 65.5 Å². The number of amides is 1. The molecule has 1 saturated heterocycles. The molecular formula is C20H22N6O. The van der Waals surface area contributed by atoms with Crippen LogP contribution >= 0.6 is 0 Å². The molecule has 27 heavy (non-hydrogen) atoms. The van der Waals surface area contributed by atoms with Gasteiger partial charge in [-0.25, -0.2) is 4.68 Å². The lowest BCUT2D eigenvalue weighted by Crippen LogP contribution is -2.49. The van der Waals surface area contributed by atoms with Crippen LogP contribution in [0.4, 0.5) is 5.82 Å². The second-order valence-electron chi connectivity index (χ2n) is 6.80. The lowest BCUT2D eigenvalue weighted by atomic mass is 10.1. The molecule has 4 rings (SSSR count). The van der Waals surface area contributed by atoms with Gasteiger partial charge in [0.1, 0.15) is 0 Å². The number of aryl methyl sites for hydroxylation is 2. The van der Waals surface area contributed by atoms with Gasteiger partial charge in [-0.1, -0.05) is 17.7 Å². The van der Waals surface area contributed by atoms with Crippen molar-refractivity contribution in [3.63, 3.8) is 0 Å². The molecule has 3 heterocycles. The Balaban J connectivity index is 1.39. The van der Waals surface area contributed by atoms with Crippen molar-refractivity contribution in [1.82, 2.24) is 24.9 Å². The van der Waals surface area contributed by atoms with Crippen LogP contribution < -0.4 is 4.90 Å². The summed E-state index contributed by atoms with van der Waals surface area (Å²) in [6, 6.07) is 13.5. The van der Waals surface area contributed by atoms with Gasteiger partial charge in [0.15, 0.2) is 11.6 Å². The second-order valence-corrected chi connectivity index (χ2v) is 6.80. The van der Waals surface area contributed by atoms with Crippen LogP contribution in [0.1, 0.15) is 21.6 Å². The number of anilines is 1. The number of hydrogen-bond donors (Lipinski definition) is 0. The summed E-state index contributed by atoms with van der Waals surface area (Å²) in [5.41, 5.74) is 2.84. The van der Waals surface area contributed by atoms with Crippen molar-refractivity contribution in [3.8, 4) is 5.82 Å². The maximum absolute atomic E-state index is 12.6. The third kappa shape index (κ3) is 3.67. The molecule has 7 nitrogen and oxygen atoms in total. The van der Waals surface area contributed by atoms with E-state index in [1.54, 1.807) is 4.68 Å². The van der Waals surface area contributed by atoms with Crippen LogP contribution in [-0.2, 0) is 0 Å². The van der Waals surface area contributed by atoms with Crippen molar-refractivity contribution in [2.45, 2.75) is 13.8 Å². The Labute approximate surface area is 158 Å². The van der Waals surface area contributed by atoms with E-state index in [0.29, 0.717) is 18.9 Å². The fraction of sp³-hybridized carbons (Fsp3) is 0.300. The summed E-state index contributed by atoms with van der Waals surface area (Å²) in [6.45, 7) is 6.80. The summed E-state index contributed by atoms with van der Waals surface area (Å²) in [6.07, 6.45) is 1.87. The third-order valence-corrected chi connectivity index (χ3v) is 4.78. The maximum Gasteiger partial charge on any atom is 0.253 e. The zero-order chi connectivity index (χ0) is 18.8. The number of hydrogen-bond acceptors (Lipinski definition) is 5. The van der Waals surface area contributed by atoms with Crippen LogP contribution in [0.5, 0.6) is 0 Å². The molecule has 0 bridgehead atoms. The highest BCUT2D eigenvalue weighted by Crippen LogP contribution is 2.16. The van der Waals surface area contributed by atoms with E-state index >= 15 is 0 Å². The molecule has 1 aliphatic rings. The summed E-state index contributed by atoms with van der Waals surface area (Å²) in [5, 5.41) is 13.0. The van der Waals surface area contributed by atoms with Gasteiger partial charge in [0.25, 0.3) is 5.91 Å². The number of benzene rings is 1. The van der Waals surface area contributed by atoms with Crippen LogP contribution in [0.15, 0.2) is 48.7 Å². The highest BCUT2D eigenvalue weighted by molar-refractivity contribution is 5.94. The number of rotatable bonds is 3. The van der Waals surface area contributed by atoms with Crippen molar-refractivity contribution in [1.29, 1.82) is 0 Å². The van der Waals surface area contributed by atoms with Gasteiger partial charge in [0, 0.05) is 37.9 Å². The van der Waals surface area contributed by atoms with E-state index in [0.717, 1.165) is 35.7 Å². The Kier molecular flexibility index (Phi) is 4.58. The largest absolute Gasteiger partial charge is 0.352 e. The SMILES string of the molecule is Cc1ccc(C(=O)N2CCN(c3ccc(-n4ccc(C)n4)nn3)CC2)cc1. The Hall–Kier alpha value is -3.22. The molecule has 0 radical (unpaired) electrons. The van der Waals surface area contributed by atoms with Crippen molar-refractivity contribution in [2.24, 2.45) is 0 Å². The normalized spacial score (nSPS) is 14.4. The summed E-state index contributed by atoms with van der Waals surface area (Å²) in [7, 11) is 0. The molecule has 0 spiro atoms. The molecule has 0 unspecified atom stereocenters. The molecule has 2 aromatic heterocycles. The summed E-state index contributed by atoms with van der Waals surface area (Å²) in [5.74, 6) is 1.61. The van der Waals surface area contributed by atoms with Crippen LogP contribution in [0, 0.1) is 13.8 Å². The van der Waals surface area contributed by atoms with Gasteiger partial charge in [0.05, 0.1) is 5.69 Å². The lowest BCUT2D eigenvalue weighted by Gasteiger charge is -2.35.